The summed E-state index contributed by atoms with van der Waals surface area (Å²) in [5.41, 5.74) is 0.730. The zero-order valence-corrected chi connectivity index (χ0v) is 10.5. The first-order valence-electron chi connectivity index (χ1n) is 5.10. The van der Waals surface area contributed by atoms with Crippen molar-refractivity contribution in [3.63, 3.8) is 0 Å². The zero-order valence-electron chi connectivity index (χ0n) is 8.94. The first kappa shape index (κ1) is 11.8. The van der Waals surface area contributed by atoms with Crippen LogP contribution < -0.4 is 5.32 Å². The molecule has 2 rings (SSSR count). The van der Waals surface area contributed by atoms with E-state index in [0.29, 0.717) is 23.5 Å². The molecule has 1 aromatic rings. The van der Waals surface area contributed by atoms with Crippen molar-refractivity contribution in [3.8, 4) is 0 Å². The van der Waals surface area contributed by atoms with Gasteiger partial charge in [0.25, 0.3) is 0 Å². The van der Waals surface area contributed by atoms with Crippen molar-refractivity contribution >= 4 is 29.0 Å². The molecule has 88 valence electrons. The van der Waals surface area contributed by atoms with E-state index in [4.69, 9.17) is 11.6 Å². The number of rotatable bonds is 5. The van der Waals surface area contributed by atoms with Crippen LogP contribution in [0.25, 0.3) is 0 Å². The summed E-state index contributed by atoms with van der Waals surface area (Å²) in [6.45, 7) is 0.914. The van der Waals surface area contributed by atoms with Gasteiger partial charge in [0.2, 0.25) is 5.91 Å². The zero-order chi connectivity index (χ0) is 11.5. The van der Waals surface area contributed by atoms with Gasteiger partial charge in [0, 0.05) is 24.1 Å². The standard InChI is InChI=1S/C9H13ClN4OS/c1-14(4-7-9(10)16-13-12-7)5-8(15)11-6-2-3-6/h6H,2-5H2,1H3,(H,11,15). The van der Waals surface area contributed by atoms with Crippen LogP contribution in [-0.4, -0.2) is 40.0 Å². The van der Waals surface area contributed by atoms with Crippen molar-refractivity contribution in [2.24, 2.45) is 0 Å². The molecule has 0 saturated heterocycles. The van der Waals surface area contributed by atoms with Crippen LogP contribution in [0.4, 0.5) is 0 Å². The third kappa shape index (κ3) is 3.40. The van der Waals surface area contributed by atoms with Gasteiger partial charge in [0.15, 0.2) is 0 Å². The summed E-state index contributed by atoms with van der Waals surface area (Å²) in [6.07, 6.45) is 2.22. The lowest BCUT2D eigenvalue weighted by Gasteiger charge is -2.14. The molecule has 0 bridgehead atoms. The lowest BCUT2D eigenvalue weighted by atomic mass is 10.4. The molecule has 1 aliphatic carbocycles. The molecule has 16 heavy (non-hydrogen) atoms. The normalized spacial score (nSPS) is 15.4. The summed E-state index contributed by atoms with van der Waals surface area (Å²) in [5, 5.41) is 6.83. The third-order valence-corrected chi connectivity index (χ3v) is 3.27. The highest BCUT2D eigenvalue weighted by Crippen LogP contribution is 2.19. The maximum Gasteiger partial charge on any atom is 0.234 e. The molecule has 1 N–H and O–H groups in total. The van der Waals surface area contributed by atoms with Crippen LogP contribution in [0.5, 0.6) is 0 Å². The van der Waals surface area contributed by atoms with Crippen molar-refractivity contribution < 1.29 is 4.79 Å². The van der Waals surface area contributed by atoms with Gasteiger partial charge in [0.05, 0.1) is 6.54 Å². The molecule has 1 aliphatic rings. The minimum absolute atomic E-state index is 0.0595. The second kappa shape index (κ2) is 5.07. The average molecular weight is 261 g/mol. The van der Waals surface area contributed by atoms with Crippen LogP contribution in [0.2, 0.25) is 4.34 Å². The second-order valence-electron chi connectivity index (χ2n) is 4.01. The van der Waals surface area contributed by atoms with Crippen LogP contribution >= 0.6 is 23.1 Å². The Morgan fingerprint density at radius 1 is 1.69 bits per heavy atom. The Hall–Kier alpha value is -0.720. The predicted molar refractivity (Wildman–Crippen MR) is 62.4 cm³/mol. The monoisotopic (exact) mass is 260 g/mol. The molecule has 1 heterocycles. The van der Waals surface area contributed by atoms with Crippen LogP contribution in [0.3, 0.4) is 0 Å². The van der Waals surface area contributed by atoms with Gasteiger partial charge in [-0.25, -0.2) is 0 Å². The summed E-state index contributed by atoms with van der Waals surface area (Å²) in [4.78, 5) is 13.4. The van der Waals surface area contributed by atoms with Gasteiger partial charge in [0.1, 0.15) is 10.0 Å². The Morgan fingerprint density at radius 2 is 2.44 bits per heavy atom. The third-order valence-electron chi connectivity index (χ3n) is 2.29. The summed E-state index contributed by atoms with van der Waals surface area (Å²) in [5.74, 6) is 0.0595. The Labute approximate surface area is 103 Å². The number of aromatic nitrogens is 2. The number of halogens is 1. The molecular formula is C9H13ClN4OS. The van der Waals surface area contributed by atoms with E-state index in [2.05, 4.69) is 14.9 Å². The molecule has 0 aliphatic heterocycles. The van der Waals surface area contributed by atoms with E-state index < -0.39 is 0 Å². The van der Waals surface area contributed by atoms with E-state index in [-0.39, 0.29) is 5.91 Å². The Kier molecular flexibility index (Phi) is 3.73. The molecule has 5 nitrogen and oxygen atoms in total. The Bertz CT molecular complexity index is 379. The number of hydrogen-bond donors (Lipinski definition) is 1. The minimum Gasteiger partial charge on any atom is -0.352 e. The number of hydrogen-bond acceptors (Lipinski definition) is 5. The summed E-state index contributed by atoms with van der Waals surface area (Å²) < 4.78 is 4.34. The molecule has 7 heteroatoms. The molecule has 1 saturated carbocycles. The largest absolute Gasteiger partial charge is 0.352 e. The minimum atomic E-state index is 0.0595. The van der Waals surface area contributed by atoms with Crippen molar-refractivity contribution in [2.45, 2.75) is 25.4 Å². The van der Waals surface area contributed by atoms with E-state index >= 15 is 0 Å². The van der Waals surface area contributed by atoms with Gasteiger partial charge in [-0.1, -0.05) is 16.1 Å². The number of amides is 1. The fraction of sp³-hybridized carbons (Fsp3) is 0.667. The van der Waals surface area contributed by atoms with Crippen LogP contribution in [0.1, 0.15) is 18.5 Å². The maximum atomic E-state index is 11.5. The first-order chi connectivity index (χ1) is 7.65. The average Bonchev–Trinajstić information content (AvgIpc) is 2.91. The number of nitrogens with one attached hydrogen (secondary N) is 1. The molecule has 0 atom stereocenters. The van der Waals surface area contributed by atoms with Gasteiger partial charge in [-0.2, -0.15) is 0 Å². The van der Waals surface area contributed by atoms with E-state index in [9.17, 15) is 4.79 Å². The fourth-order valence-corrected chi connectivity index (χ4v) is 1.96. The highest BCUT2D eigenvalue weighted by molar-refractivity contribution is 7.10. The number of carbonyl (C=O) groups is 1. The van der Waals surface area contributed by atoms with Gasteiger partial charge in [-0.15, -0.1) is 5.10 Å². The molecular weight excluding hydrogens is 248 g/mol. The first-order valence-corrected chi connectivity index (χ1v) is 6.25. The SMILES string of the molecule is CN(CC(=O)NC1CC1)Cc1nnsc1Cl. The second-order valence-corrected chi connectivity index (χ2v) is 5.36. The molecule has 1 amide bonds. The van der Waals surface area contributed by atoms with Crippen molar-refractivity contribution in [3.05, 3.63) is 10.0 Å². The smallest absolute Gasteiger partial charge is 0.234 e. The molecule has 0 radical (unpaired) electrons. The molecule has 0 spiro atoms. The highest BCUT2D eigenvalue weighted by atomic mass is 35.5. The fourth-order valence-electron chi connectivity index (χ4n) is 1.35. The molecule has 1 fully saturated rings. The van der Waals surface area contributed by atoms with Crippen molar-refractivity contribution in [1.29, 1.82) is 0 Å². The Morgan fingerprint density at radius 3 is 3.00 bits per heavy atom. The van der Waals surface area contributed by atoms with E-state index in [1.165, 1.54) is 0 Å². The Balaban J connectivity index is 1.76. The number of nitrogens with zero attached hydrogens (tertiary/aromatic N) is 3. The summed E-state index contributed by atoms with van der Waals surface area (Å²) >= 11 is 7.04. The van der Waals surface area contributed by atoms with Crippen molar-refractivity contribution in [2.75, 3.05) is 13.6 Å². The van der Waals surface area contributed by atoms with Crippen LogP contribution in [0.15, 0.2) is 0 Å². The predicted octanol–water partition coefficient (Wildman–Crippen LogP) is 0.902. The van der Waals surface area contributed by atoms with E-state index in [0.717, 1.165) is 30.1 Å². The summed E-state index contributed by atoms with van der Waals surface area (Å²) in [6, 6.07) is 0.408. The van der Waals surface area contributed by atoms with Gasteiger partial charge < -0.3 is 5.32 Å². The lowest BCUT2D eigenvalue weighted by molar-refractivity contribution is -0.122. The molecule has 0 unspecified atom stereocenters. The lowest BCUT2D eigenvalue weighted by Crippen LogP contribution is -2.36. The number of likely N-dealkylation sites (N-methyl/N-ethyl adjacent to an activating group) is 1. The van der Waals surface area contributed by atoms with Crippen LogP contribution in [0, 0.1) is 0 Å². The van der Waals surface area contributed by atoms with Crippen molar-refractivity contribution in [1.82, 2.24) is 19.8 Å². The summed E-state index contributed by atoms with van der Waals surface area (Å²) in [7, 11) is 1.86. The van der Waals surface area contributed by atoms with E-state index in [1.807, 2.05) is 11.9 Å². The van der Waals surface area contributed by atoms with Gasteiger partial charge in [-0.3, -0.25) is 9.69 Å². The maximum absolute atomic E-state index is 11.5. The quantitative estimate of drug-likeness (QED) is 0.855. The van der Waals surface area contributed by atoms with Gasteiger partial charge >= 0.3 is 0 Å². The topological polar surface area (TPSA) is 58.1 Å². The van der Waals surface area contributed by atoms with E-state index in [1.54, 1.807) is 0 Å². The molecule has 0 aromatic carbocycles. The van der Waals surface area contributed by atoms with Crippen LogP contribution in [-0.2, 0) is 11.3 Å². The molecule has 1 aromatic heterocycles. The number of carbonyl (C=O) groups excluding carboxylic acids is 1. The van der Waals surface area contributed by atoms with Gasteiger partial charge in [-0.05, 0) is 19.9 Å². The highest BCUT2D eigenvalue weighted by Gasteiger charge is 2.23.